The van der Waals surface area contributed by atoms with Gasteiger partial charge in [-0.2, -0.15) is 0 Å². The molecule has 0 aromatic carbocycles. The summed E-state index contributed by atoms with van der Waals surface area (Å²) >= 11 is 0. The van der Waals surface area contributed by atoms with Gasteiger partial charge in [-0.1, -0.05) is 127 Å². The van der Waals surface area contributed by atoms with Crippen molar-refractivity contribution in [3.63, 3.8) is 0 Å². The standard InChI is InChI=1S/C39H64O11/c1-3-5-7-9-11-13-15-16-18-19-21-23-25-27-32(40)47-29-31(30-48-39-36(44)34(42)35(43)37(50-39)38(45)46)49-33(41)28-26-24-22-20-17-14-12-10-8-6-4-2/h5,7,11,13,16,18,21,23,31,34-37,39,42-44H,3-4,6,8-10,12,14-15,17,19-20,22,24-30H2,1-2H3,(H,45,46)/b7-5-,13-11-,18-16-,23-21-. The fourth-order valence-electron chi connectivity index (χ4n) is 5.24. The van der Waals surface area contributed by atoms with Crippen molar-refractivity contribution in [2.45, 2.75) is 166 Å². The van der Waals surface area contributed by atoms with Crippen molar-refractivity contribution in [3.8, 4) is 0 Å². The minimum Gasteiger partial charge on any atom is -0.479 e. The van der Waals surface area contributed by atoms with Gasteiger partial charge in [0.05, 0.1) is 6.61 Å². The molecule has 1 rings (SSSR count). The number of unbranched alkanes of at least 4 members (excludes halogenated alkanes) is 10. The summed E-state index contributed by atoms with van der Waals surface area (Å²) in [5, 5.41) is 39.6. The number of aliphatic hydroxyl groups excluding tert-OH is 3. The third-order valence-electron chi connectivity index (χ3n) is 8.21. The maximum Gasteiger partial charge on any atom is 0.335 e. The lowest BCUT2D eigenvalue weighted by Gasteiger charge is -2.38. The second-order valence-corrected chi connectivity index (χ2v) is 12.7. The molecule has 6 unspecified atom stereocenters. The van der Waals surface area contributed by atoms with Crippen LogP contribution in [0.3, 0.4) is 0 Å². The summed E-state index contributed by atoms with van der Waals surface area (Å²) in [5.74, 6) is -2.55. The minimum absolute atomic E-state index is 0.114. The second kappa shape index (κ2) is 29.9. The highest BCUT2D eigenvalue weighted by molar-refractivity contribution is 5.73. The monoisotopic (exact) mass is 708 g/mol. The van der Waals surface area contributed by atoms with Gasteiger partial charge in [0.2, 0.25) is 0 Å². The Labute approximate surface area is 299 Å². The Balaban J connectivity index is 2.52. The van der Waals surface area contributed by atoms with E-state index in [-0.39, 0.29) is 19.4 Å². The number of ether oxygens (including phenoxy) is 4. The Morgan fingerprint density at radius 2 is 1.18 bits per heavy atom. The highest BCUT2D eigenvalue weighted by atomic mass is 16.7. The predicted octanol–water partition coefficient (Wildman–Crippen LogP) is 6.64. The number of hydrogen-bond donors (Lipinski definition) is 4. The van der Waals surface area contributed by atoms with Crippen LogP contribution in [-0.4, -0.2) is 88.4 Å². The van der Waals surface area contributed by atoms with Crippen molar-refractivity contribution >= 4 is 17.9 Å². The smallest absolute Gasteiger partial charge is 0.335 e. The van der Waals surface area contributed by atoms with Crippen molar-refractivity contribution in [2.24, 2.45) is 0 Å². The van der Waals surface area contributed by atoms with Gasteiger partial charge in [0.15, 0.2) is 18.5 Å². The van der Waals surface area contributed by atoms with Crippen LogP contribution >= 0.6 is 0 Å². The lowest BCUT2D eigenvalue weighted by Crippen LogP contribution is -2.60. The van der Waals surface area contributed by atoms with Gasteiger partial charge in [-0.05, 0) is 38.5 Å². The van der Waals surface area contributed by atoms with Crippen LogP contribution in [0, 0.1) is 0 Å². The van der Waals surface area contributed by atoms with Gasteiger partial charge in [-0.25, -0.2) is 4.79 Å². The first-order chi connectivity index (χ1) is 24.2. The lowest BCUT2D eigenvalue weighted by molar-refractivity contribution is -0.298. The molecule has 1 heterocycles. The molecule has 1 fully saturated rings. The van der Waals surface area contributed by atoms with E-state index >= 15 is 0 Å². The molecule has 286 valence electrons. The molecule has 4 N–H and O–H groups in total. The Morgan fingerprint density at radius 3 is 1.74 bits per heavy atom. The number of rotatable bonds is 29. The summed E-state index contributed by atoms with van der Waals surface area (Å²) in [6, 6.07) is 0. The summed E-state index contributed by atoms with van der Waals surface area (Å²) in [6.45, 7) is 3.58. The number of carboxylic acid groups (broad SMARTS) is 1. The Kier molecular flexibility index (Phi) is 27.0. The lowest BCUT2D eigenvalue weighted by atomic mass is 9.99. The Hall–Kier alpha value is -2.83. The van der Waals surface area contributed by atoms with Crippen LogP contribution in [0.4, 0.5) is 0 Å². The Morgan fingerprint density at radius 1 is 0.640 bits per heavy atom. The van der Waals surface area contributed by atoms with E-state index in [9.17, 15) is 34.8 Å². The van der Waals surface area contributed by atoms with Crippen molar-refractivity contribution in [3.05, 3.63) is 48.6 Å². The van der Waals surface area contributed by atoms with Crippen LogP contribution in [-0.2, 0) is 33.3 Å². The van der Waals surface area contributed by atoms with E-state index in [0.29, 0.717) is 12.8 Å². The van der Waals surface area contributed by atoms with Gasteiger partial charge < -0.3 is 39.4 Å². The molecule has 0 saturated carbocycles. The number of carbonyl (C=O) groups excluding carboxylic acids is 2. The molecule has 0 spiro atoms. The molecule has 0 radical (unpaired) electrons. The first-order valence-electron chi connectivity index (χ1n) is 18.7. The molecule has 11 heteroatoms. The molecule has 0 amide bonds. The minimum atomic E-state index is -1.87. The zero-order chi connectivity index (χ0) is 36.8. The van der Waals surface area contributed by atoms with Crippen molar-refractivity contribution in [1.29, 1.82) is 0 Å². The number of hydrogen-bond acceptors (Lipinski definition) is 10. The summed E-state index contributed by atoms with van der Waals surface area (Å²) < 4.78 is 21.5. The van der Waals surface area contributed by atoms with Gasteiger partial charge in [0, 0.05) is 12.8 Å². The highest BCUT2D eigenvalue weighted by Crippen LogP contribution is 2.23. The largest absolute Gasteiger partial charge is 0.479 e. The second-order valence-electron chi connectivity index (χ2n) is 12.7. The Bertz CT molecular complexity index is 1020. The average Bonchev–Trinajstić information content (AvgIpc) is 3.09. The fraction of sp³-hybridized carbons (Fsp3) is 0.718. The van der Waals surface area contributed by atoms with Gasteiger partial charge in [-0.15, -0.1) is 0 Å². The maximum absolute atomic E-state index is 12.6. The molecule has 11 nitrogen and oxygen atoms in total. The highest BCUT2D eigenvalue weighted by Gasteiger charge is 2.47. The van der Waals surface area contributed by atoms with Gasteiger partial charge in [0.25, 0.3) is 0 Å². The predicted molar refractivity (Wildman–Crippen MR) is 192 cm³/mol. The summed E-state index contributed by atoms with van der Waals surface area (Å²) in [6.07, 6.45) is 23.4. The third kappa shape index (κ3) is 22.1. The SMILES string of the molecule is CC/C=C\C/C=C\C/C=C\C/C=C\CCC(=O)OCC(COC1OC(C(=O)O)C(O)C(O)C1O)OC(=O)CCCCCCCCCCCCC. The summed E-state index contributed by atoms with van der Waals surface area (Å²) in [7, 11) is 0. The van der Waals surface area contributed by atoms with Crippen molar-refractivity contribution in [1.82, 2.24) is 0 Å². The van der Waals surface area contributed by atoms with Crippen molar-refractivity contribution < 1.29 is 53.8 Å². The van der Waals surface area contributed by atoms with Crippen LogP contribution in [0.1, 0.15) is 129 Å². The van der Waals surface area contributed by atoms with Gasteiger partial charge in [0.1, 0.15) is 24.9 Å². The quantitative estimate of drug-likeness (QED) is 0.0374. The molecule has 6 atom stereocenters. The number of aliphatic hydroxyl groups is 3. The van der Waals surface area contributed by atoms with Crippen LogP contribution in [0.15, 0.2) is 48.6 Å². The molecule has 0 aliphatic carbocycles. The average molecular weight is 709 g/mol. The molecule has 0 bridgehead atoms. The van der Waals surface area contributed by atoms with Crippen LogP contribution in [0.25, 0.3) is 0 Å². The molecule has 50 heavy (non-hydrogen) atoms. The normalized spacial score (nSPS) is 21.8. The van der Waals surface area contributed by atoms with E-state index < -0.39 is 61.3 Å². The summed E-state index contributed by atoms with van der Waals surface area (Å²) in [5.41, 5.74) is 0. The van der Waals surface area contributed by atoms with E-state index in [1.807, 2.05) is 12.2 Å². The third-order valence-corrected chi connectivity index (χ3v) is 8.21. The topological polar surface area (TPSA) is 169 Å². The van der Waals surface area contributed by atoms with Crippen LogP contribution < -0.4 is 0 Å². The fourth-order valence-corrected chi connectivity index (χ4v) is 5.24. The van der Waals surface area contributed by atoms with E-state index in [0.717, 1.165) is 44.9 Å². The molecule has 0 aromatic rings. The van der Waals surface area contributed by atoms with Crippen molar-refractivity contribution in [2.75, 3.05) is 13.2 Å². The number of carbonyl (C=O) groups is 3. The summed E-state index contributed by atoms with van der Waals surface area (Å²) in [4.78, 5) is 36.5. The first kappa shape index (κ1) is 45.2. The maximum atomic E-state index is 12.6. The zero-order valence-corrected chi connectivity index (χ0v) is 30.4. The molecule has 1 aliphatic rings. The number of carboxylic acids is 1. The molecule has 1 aliphatic heterocycles. The molecular weight excluding hydrogens is 644 g/mol. The zero-order valence-electron chi connectivity index (χ0n) is 30.4. The van der Waals surface area contributed by atoms with Gasteiger partial charge >= 0.3 is 17.9 Å². The number of allylic oxidation sites excluding steroid dienone is 8. The van der Waals surface area contributed by atoms with E-state index in [4.69, 9.17) is 18.9 Å². The van der Waals surface area contributed by atoms with E-state index in [1.165, 1.54) is 44.9 Å². The van der Waals surface area contributed by atoms with Gasteiger partial charge in [-0.3, -0.25) is 9.59 Å². The van der Waals surface area contributed by atoms with Crippen LogP contribution in [0.2, 0.25) is 0 Å². The molecule has 1 saturated heterocycles. The number of esters is 2. The molecule has 0 aromatic heterocycles. The van der Waals surface area contributed by atoms with Crippen LogP contribution in [0.5, 0.6) is 0 Å². The first-order valence-corrected chi connectivity index (χ1v) is 18.7. The van der Waals surface area contributed by atoms with E-state index in [1.54, 1.807) is 0 Å². The number of aliphatic carboxylic acids is 1. The molecular formula is C39H64O11. The van der Waals surface area contributed by atoms with E-state index in [2.05, 4.69) is 50.3 Å².